The van der Waals surface area contributed by atoms with Gasteiger partial charge in [-0.1, -0.05) is 6.92 Å². The third-order valence-corrected chi connectivity index (χ3v) is 4.82. The molecular formula is C18H18N4O2S. The quantitative estimate of drug-likeness (QED) is 0.541. The number of hydrogen-bond donors (Lipinski definition) is 4. The second-order valence-electron chi connectivity index (χ2n) is 6.06. The van der Waals surface area contributed by atoms with Crippen LogP contribution < -0.4 is 5.32 Å². The number of nitrogens with zero attached hydrogens (tertiary/aromatic N) is 2. The van der Waals surface area contributed by atoms with E-state index in [1.54, 1.807) is 10.6 Å². The highest BCUT2D eigenvalue weighted by Gasteiger charge is 2.18. The van der Waals surface area contributed by atoms with E-state index in [0.717, 1.165) is 29.9 Å². The lowest BCUT2D eigenvalue weighted by molar-refractivity contribution is 0.447. The molecule has 0 unspecified atom stereocenters. The van der Waals surface area contributed by atoms with Gasteiger partial charge in [0.1, 0.15) is 11.5 Å². The molecule has 1 aliphatic heterocycles. The van der Waals surface area contributed by atoms with Crippen molar-refractivity contribution >= 4 is 17.9 Å². The van der Waals surface area contributed by atoms with Crippen molar-refractivity contribution in [2.45, 2.75) is 19.8 Å². The number of H-pyrrole nitrogens is 1. The van der Waals surface area contributed by atoms with Crippen LogP contribution in [0.15, 0.2) is 30.3 Å². The first-order valence-electron chi connectivity index (χ1n) is 8.18. The maximum absolute atomic E-state index is 10.3. The molecule has 4 rings (SSSR count). The van der Waals surface area contributed by atoms with E-state index in [1.165, 1.54) is 11.6 Å². The van der Waals surface area contributed by atoms with Crippen LogP contribution in [0, 0.1) is 4.77 Å². The Morgan fingerprint density at radius 3 is 2.84 bits per heavy atom. The van der Waals surface area contributed by atoms with Crippen LogP contribution in [0.25, 0.3) is 17.1 Å². The van der Waals surface area contributed by atoms with Crippen molar-refractivity contribution in [1.29, 1.82) is 0 Å². The maximum atomic E-state index is 10.3. The molecule has 0 aliphatic carbocycles. The van der Waals surface area contributed by atoms with Crippen molar-refractivity contribution in [3.63, 3.8) is 0 Å². The highest BCUT2D eigenvalue weighted by atomic mass is 32.1. The number of aryl methyl sites for hydroxylation is 1. The molecule has 2 heterocycles. The van der Waals surface area contributed by atoms with Crippen LogP contribution in [0.5, 0.6) is 11.5 Å². The van der Waals surface area contributed by atoms with Gasteiger partial charge in [0.25, 0.3) is 0 Å². The number of aromatic amines is 1. The van der Waals surface area contributed by atoms with Crippen LogP contribution in [0.4, 0.5) is 5.69 Å². The van der Waals surface area contributed by atoms with Crippen molar-refractivity contribution in [3.05, 3.63) is 46.2 Å². The summed E-state index contributed by atoms with van der Waals surface area (Å²) >= 11 is 5.41. The number of aromatic nitrogens is 3. The summed E-state index contributed by atoms with van der Waals surface area (Å²) in [5.74, 6) is 0.559. The van der Waals surface area contributed by atoms with E-state index in [0.29, 0.717) is 22.6 Å². The van der Waals surface area contributed by atoms with Crippen molar-refractivity contribution in [2.75, 3.05) is 11.9 Å². The predicted molar refractivity (Wildman–Crippen MR) is 99.1 cm³/mol. The Morgan fingerprint density at radius 2 is 2.04 bits per heavy atom. The van der Waals surface area contributed by atoms with E-state index in [-0.39, 0.29) is 11.5 Å². The number of hydrogen-bond acceptors (Lipinski definition) is 5. The number of phenols is 2. The van der Waals surface area contributed by atoms with Gasteiger partial charge in [0.15, 0.2) is 10.6 Å². The second kappa shape index (κ2) is 5.93. The SMILES string of the molecule is CCc1cc(-c2n[nH]c(=S)n2-c2ccc3c(c2)CCN3)c(O)cc1O. The van der Waals surface area contributed by atoms with Crippen molar-refractivity contribution in [2.24, 2.45) is 0 Å². The average Bonchev–Trinajstić information content (AvgIpc) is 3.20. The van der Waals surface area contributed by atoms with E-state index in [9.17, 15) is 10.2 Å². The smallest absolute Gasteiger partial charge is 0.200 e. The van der Waals surface area contributed by atoms with Crippen LogP contribution in [-0.2, 0) is 12.8 Å². The third kappa shape index (κ3) is 2.56. The molecule has 128 valence electrons. The molecule has 2 aromatic carbocycles. The van der Waals surface area contributed by atoms with Gasteiger partial charge in [0.05, 0.1) is 11.3 Å². The number of fused-ring (bicyclic) bond motifs is 1. The van der Waals surface area contributed by atoms with Gasteiger partial charge >= 0.3 is 0 Å². The van der Waals surface area contributed by atoms with Crippen LogP contribution in [0.3, 0.4) is 0 Å². The molecule has 1 aliphatic rings. The molecule has 0 bridgehead atoms. The minimum Gasteiger partial charge on any atom is -0.508 e. The molecule has 4 N–H and O–H groups in total. The predicted octanol–water partition coefficient (Wildman–Crippen LogP) is 3.54. The minimum atomic E-state index is -0.0345. The fraction of sp³-hybridized carbons (Fsp3) is 0.222. The van der Waals surface area contributed by atoms with Gasteiger partial charge in [0, 0.05) is 18.3 Å². The largest absolute Gasteiger partial charge is 0.508 e. The molecule has 3 aromatic rings. The fourth-order valence-corrected chi connectivity index (χ4v) is 3.47. The lowest BCUT2D eigenvalue weighted by Gasteiger charge is -2.12. The average molecular weight is 354 g/mol. The van der Waals surface area contributed by atoms with Gasteiger partial charge in [0.2, 0.25) is 0 Å². The molecule has 0 saturated carbocycles. The van der Waals surface area contributed by atoms with Crippen LogP contribution >= 0.6 is 12.2 Å². The van der Waals surface area contributed by atoms with E-state index in [2.05, 4.69) is 21.6 Å². The first-order chi connectivity index (χ1) is 12.1. The Labute approximate surface area is 149 Å². The lowest BCUT2D eigenvalue weighted by Crippen LogP contribution is -1.99. The van der Waals surface area contributed by atoms with Crippen molar-refractivity contribution in [3.8, 4) is 28.6 Å². The van der Waals surface area contributed by atoms with Gasteiger partial charge in [-0.05, 0) is 60.5 Å². The van der Waals surface area contributed by atoms with Crippen LogP contribution in [0.2, 0.25) is 0 Å². The molecule has 0 saturated heterocycles. The Balaban J connectivity index is 1.91. The molecule has 6 nitrogen and oxygen atoms in total. The number of aromatic hydroxyl groups is 2. The van der Waals surface area contributed by atoms with Crippen molar-refractivity contribution in [1.82, 2.24) is 14.8 Å². The Bertz CT molecular complexity index is 1020. The molecule has 0 fully saturated rings. The molecular weight excluding hydrogens is 336 g/mol. The topological polar surface area (TPSA) is 86.1 Å². The summed E-state index contributed by atoms with van der Waals surface area (Å²) in [6, 6.07) is 9.20. The first-order valence-corrected chi connectivity index (χ1v) is 8.59. The van der Waals surface area contributed by atoms with Gasteiger partial charge in [-0.15, -0.1) is 0 Å². The first kappa shape index (κ1) is 15.7. The molecule has 0 radical (unpaired) electrons. The van der Waals surface area contributed by atoms with Crippen molar-refractivity contribution < 1.29 is 10.2 Å². The number of phenolic OH excluding ortho intramolecular Hbond substituents is 2. The zero-order valence-corrected chi connectivity index (χ0v) is 14.5. The summed E-state index contributed by atoms with van der Waals surface area (Å²) in [5, 5.41) is 30.7. The number of nitrogens with one attached hydrogen (secondary N) is 2. The van der Waals surface area contributed by atoms with Gasteiger partial charge in [-0.25, -0.2) is 0 Å². The highest BCUT2D eigenvalue weighted by molar-refractivity contribution is 7.71. The summed E-state index contributed by atoms with van der Waals surface area (Å²) in [6.07, 6.45) is 1.61. The Hall–Kier alpha value is -2.80. The Kier molecular flexibility index (Phi) is 3.73. The Morgan fingerprint density at radius 1 is 1.20 bits per heavy atom. The maximum Gasteiger partial charge on any atom is 0.200 e. The molecule has 25 heavy (non-hydrogen) atoms. The standard InChI is InChI=1S/C18H18N4O2S/c1-2-10-8-13(16(24)9-15(10)23)17-20-21-18(25)22(17)12-3-4-14-11(7-12)5-6-19-14/h3-4,7-9,19,23-24H,2,5-6H2,1H3,(H,21,25). The summed E-state index contributed by atoms with van der Waals surface area (Å²) in [5.41, 5.74) is 4.53. The highest BCUT2D eigenvalue weighted by Crippen LogP contribution is 2.36. The van der Waals surface area contributed by atoms with Gasteiger partial charge < -0.3 is 15.5 Å². The molecule has 1 aromatic heterocycles. The molecule has 0 amide bonds. The molecule has 0 atom stereocenters. The fourth-order valence-electron chi connectivity index (χ4n) is 3.23. The summed E-state index contributed by atoms with van der Waals surface area (Å²) in [7, 11) is 0. The molecule has 7 heteroatoms. The lowest BCUT2D eigenvalue weighted by atomic mass is 10.1. The zero-order valence-electron chi connectivity index (χ0n) is 13.7. The van der Waals surface area contributed by atoms with Crippen LogP contribution in [-0.4, -0.2) is 31.5 Å². The minimum absolute atomic E-state index is 0.0345. The molecule has 0 spiro atoms. The summed E-state index contributed by atoms with van der Waals surface area (Å²) < 4.78 is 2.26. The monoisotopic (exact) mass is 354 g/mol. The number of rotatable bonds is 3. The van der Waals surface area contributed by atoms with Gasteiger partial charge in [-0.2, -0.15) is 5.10 Å². The summed E-state index contributed by atoms with van der Waals surface area (Å²) in [6.45, 7) is 2.88. The van der Waals surface area contributed by atoms with E-state index >= 15 is 0 Å². The number of anilines is 1. The van der Waals surface area contributed by atoms with Gasteiger partial charge in [-0.3, -0.25) is 9.67 Å². The van der Waals surface area contributed by atoms with E-state index in [4.69, 9.17) is 12.2 Å². The second-order valence-corrected chi connectivity index (χ2v) is 6.44. The normalized spacial score (nSPS) is 12.8. The van der Waals surface area contributed by atoms with E-state index in [1.807, 2.05) is 19.1 Å². The zero-order chi connectivity index (χ0) is 17.6. The van der Waals surface area contributed by atoms with Crippen LogP contribution in [0.1, 0.15) is 18.1 Å². The third-order valence-electron chi connectivity index (χ3n) is 4.55. The van der Waals surface area contributed by atoms with E-state index < -0.39 is 0 Å². The summed E-state index contributed by atoms with van der Waals surface area (Å²) in [4.78, 5) is 0. The number of benzene rings is 2.